The molecule has 1 heterocycles. The number of fused-ring (bicyclic) bond motifs is 3. The van der Waals surface area contributed by atoms with Crippen LogP contribution in [0, 0.1) is 22.7 Å². The number of nitriles is 1. The summed E-state index contributed by atoms with van der Waals surface area (Å²) in [7, 11) is 0. The highest BCUT2D eigenvalue weighted by Gasteiger charge is 2.52. The third kappa shape index (κ3) is 4.32. The Morgan fingerprint density at radius 1 is 1.21 bits per heavy atom. The second kappa shape index (κ2) is 8.36. The van der Waals surface area contributed by atoms with Crippen LogP contribution in [0.4, 0.5) is 4.39 Å². The van der Waals surface area contributed by atoms with E-state index in [1.54, 1.807) is 0 Å². The Morgan fingerprint density at radius 3 is 2.43 bits per heavy atom. The molecule has 1 aliphatic heterocycles. The molecule has 3 saturated carbocycles. The van der Waals surface area contributed by atoms with Crippen molar-refractivity contribution in [3.63, 3.8) is 0 Å². The molecular formula is C21H33FN4O2. The summed E-state index contributed by atoms with van der Waals surface area (Å²) >= 11 is 0. The average molecular weight is 393 g/mol. The fraction of sp³-hybridized carbons (Fsp3) is 0.857. The van der Waals surface area contributed by atoms with Gasteiger partial charge in [0.1, 0.15) is 12.2 Å². The van der Waals surface area contributed by atoms with E-state index in [1.165, 1.54) is 4.90 Å². The number of halogens is 1. The molecule has 4 rings (SSSR count). The summed E-state index contributed by atoms with van der Waals surface area (Å²) in [4.78, 5) is 26.6. The van der Waals surface area contributed by atoms with Crippen molar-refractivity contribution in [1.82, 2.24) is 15.5 Å². The van der Waals surface area contributed by atoms with Gasteiger partial charge in [0.25, 0.3) is 0 Å². The average Bonchev–Trinajstić information content (AvgIpc) is 3.08. The van der Waals surface area contributed by atoms with Gasteiger partial charge < -0.3 is 15.5 Å². The maximum Gasteiger partial charge on any atom is 0.237 e. The van der Waals surface area contributed by atoms with Crippen LogP contribution in [0.2, 0.25) is 0 Å². The smallest absolute Gasteiger partial charge is 0.237 e. The Bertz CT molecular complexity index is 620. The van der Waals surface area contributed by atoms with Crippen molar-refractivity contribution in [3.8, 4) is 6.07 Å². The van der Waals surface area contributed by atoms with Gasteiger partial charge in [-0.3, -0.25) is 9.59 Å². The lowest BCUT2D eigenvalue weighted by Gasteiger charge is -2.53. The van der Waals surface area contributed by atoms with E-state index in [0.717, 1.165) is 51.5 Å². The summed E-state index contributed by atoms with van der Waals surface area (Å²) in [6, 6.07) is 1.38. The minimum absolute atomic E-state index is 0.0192. The van der Waals surface area contributed by atoms with Gasteiger partial charge in [0, 0.05) is 23.9 Å². The van der Waals surface area contributed by atoms with Gasteiger partial charge in [0.15, 0.2) is 0 Å². The predicted octanol–water partition coefficient (Wildman–Crippen LogP) is 2.29. The molecule has 0 spiro atoms. The Kier molecular flexibility index (Phi) is 6.28. The van der Waals surface area contributed by atoms with E-state index >= 15 is 0 Å². The first kappa shape index (κ1) is 21.0. The number of alkyl halides is 1. The number of rotatable bonds is 7. The third-order valence-corrected chi connectivity index (χ3v) is 7.07. The van der Waals surface area contributed by atoms with E-state index in [4.69, 9.17) is 5.26 Å². The van der Waals surface area contributed by atoms with Crippen LogP contribution in [0.25, 0.3) is 0 Å². The van der Waals surface area contributed by atoms with Crippen molar-refractivity contribution < 1.29 is 14.0 Å². The zero-order valence-electron chi connectivity index (χ0n) is 17.1. The van der Waals surface area contributed by atoms with E-state index < -0.39 is 12.2 Å². The molecule has 0 aromatic carbocycles. The van der Waals surface area contributed by atoms with Crippen molar-refractivity contribution in [2.24, 2.45) is 11.3 Å². The Labute approximate surface area is 167 Å². The van der Waals surface area contributed by atoms with Crippen LogP contribution in [0.5, 0.6) is 0 Å². The fourth-order valence-electron chi connectivity index (χ4n) is 5.00. The Morgan fingerprint density at radius 2 is 1.86 bits per heavy atom. The van der Waals surface area contributed by atoms with E-state index in [2.05, 4.69) is 24.5 Å². The maximum atomic E-state index is 13.6. The van der Waals surface area contributed by atoms with Crippen LogP contribution in [0.1, 0.15) is 65.2 Å². The number of hydrogen-bond donors (Lipinski definition) is 2. The van der Waals surface area contributed by atoms with Gasteiger partial charge in [-0.15, -0.1) is 0 Å². The second-order valence-electron chi connectivity index (χ2n) is 9.38. The van der Waals surface area contributed by atoms with Crippen LogP contribution in [0.15, 0.2) is 0 Å². The number of hydrogen-bond acceptors (Lipinski definition) is 4. The molecule has 0 aromatic heterocycles. The summed E-state index contributed by atoms with van der Waals surface area (Å²) in [5.74, 6) is 0.573. The number of carbonyl (C=O) groups excluding carboxylic acids is 2. The number of amides is 2. The van der Waals surface area contributed by atoms with Gasteiger partial charge in [-0.25, -0.2) is 4.39 Å². The molecule has 0 aromatic rings. The van der Waals surface area contributed by atoms with Crippen molar-refractivity contribution in [3.05, 3.63) is 0 Å². The monoisotopic (exact) mass is 392 g/mol. The summed E-state index contributed by atoms with van der Waals surface area (Å²) in [5, 5.41) is 15.7. The number of nitrogens with one attached hydrogen (secondary N) is 2. The third-order valence-electron chi connectivity index (χ3n) is 7.07. The molecule has 0 radical (unpaired) electrons. The van der Waals surface area contributed by atoms with E-state index in [9.17, 15) is 14.0 Å². The van der Waals surface area contributed by atoms with Crippen molar-refractivity contribution in [2.75, 3.05) is 19.6 Å². The summed E-state index contributed by atoms with van der Waals surface area (Å²) in [6.07, 6.45) is 5.18. The predicted molar refractivity (Wildman–Crippen MR) is 104 cm³/mol. The highest BCUT2D eigenvalue weighted by Crippen LogP contribution is 2.52. The van der Waals surface area contributed by atoms with Crippen molar-refractivity contribution >= 4 is 11.8 Å². The molecule has 3 aliphatic carbocycles. The number of nitrogens with zero attached hydrogens (tertiary/aromatic N) is 2. The lowest BCUT2D eigenvalue weighted by Crippen LogP contribution is -2.60. The summed E-state index contributed by atoms with van der Waals surface area (Å²) in [6.45, 7) is 5.20. The lowest BCUT2D eigenvalue weighted by molar-refractivity contribution is -0.139. The molecule has 4 aliphatic rings. The molecule has 2 bridgehead atoms. The highest BCUT2D eigenvalue weighted by atomic mass is 19.1. The molecular weight excluding hydrogens is 359 g/mol. The highest BCUT2D eigenvalue weighted by molar-refractivity contribution is 5.83. The fourth-order valence-corrected chi connectivity index (χ4v) is 5.00. The van der Waals surface area contributed by atoms with Crippen LogP contribution in [0.3, 0.4) is 0 Å². The number of likely N-dealkylation sites (tertiary alicyclic amines) is 1. The van der Waals surface area contributed by atoms with Gasteiger partial charge >= 0.3 is 0 Å². The molecule has 156 valence electrons. The van der Waals surface area contributed by atoms with Gasteiger partial charge in [-0.1, -0.05) is 13.8 Å². The van der Waals surface area contributed by atoms with Crippen LogP contribution < -0.4 is 10.6 Å². The van der Waals surface area contributed by atoms with Gasteiger partial charge in [0.2, 0.25) is 11.8 Å². The van der Waals surface area contributed by atoms with E-state index in [-0.39, 0.29) is 42.3 Å². The molecule has 28 heavy (non-hydrogen) atoms. The molecule has 1 saturated heterocycles. The zero-order valence-corrected chi connectivity index (χ0v) is 17.1. The molecule has 2 amide bonds. The minimum Gasteiger partial charge on any atom is -0.356 e. The largest absolute Gasteiger partial charge is 0.356 e. The molecule has 7 heteroatoms. The lowest BCUT2D eigenvalue weighted by atomic mass is 9.57. The molecule has 2 atom stereocenters. The van der Waals surface area contributed by atoms with Crippen molar-refractivity contribution in [1.29, 1.82) is 5.26 Å². The Hall–Kier alpha value is -1.68. The van der Waals surface area contributed by atoms with E-state index in [1.807, 2.05) is 6.07 Å². The summed E-state index contributed by atoms with van der Waals surface area (Å²) < 4.78 is 13.6. The Balaban J connectivity index is 1.49. The first-order chi connectivity index (χ1) is 13.3. The molecule has 4 fully saturated rings. The topological polar surface area (TPSA) is 85.2 Å². The van der Waals surface area contributed by atoms with Crippen LogP contribution >= 0.6 is 0 Å². The minimum atomic E-state index is -1.11. The molecule has 6 nitrogen and oxygen atoms in total. The van der Waals surface area contributed by atoms with Gasteiger partial charge in [-0.05, 0) is 50.9 Å². The first-order valence-corrected chi connectivity index (χ1v) is 10.7. The number of carbonyl (C=O) groups is 2. The standard InChI is InChI=1S/C21H33FN4O2/c1-15(2)3-10-24-19(28)20-4-7-21(8-5-20,9-6-20)25-13-18(27)26-14-16(22)11-17(26)12-23/h15-17,25H,3-11,13-14H2,1-2H3,(H,24,28). The maximum absolute atomic E-state index is 13.6. The first-order valence-electron chi connectivity index (χ1n) is 10.7. The van der Waals surface area contributed by atoms with Gasteiger partial charge in [-0.2, -0.15) is 5.26 Å². The van der Waals surface area contributed by atoms with Crippen LogP contribution in [-0.2, 0) is 9.59 Å². The summed E-state index contributed by atoms with van der Waals surface area (Å²) in [5.41, 5.74) is -0.348. The van der Waals surface area contributed by atoms with Gasteiger partial charge in [0.05, 0.1) is 19.2 Å². The van der Waals surface area contributed by atoms with Crippen LogP contribution in [-0.4, -0.2) is 54.1 Å². The zero-order chi connectivity index (χ0) is 20.4. The molecule has 2 N–H and O–H groups in total. The SMILES string of the molecule is CC(C)CCNC(=O)C12CCC(NCC(=O)N3CC(F)CC3C#N)(CC1)CC2. The second-order valence-corrected chi connectivity index (χ2v) is 9.38. The molecule has 2 unspecified atom stereocenters. The quantitative estimate of drug-likeness (QED) is 0.696. The normalized spacial score (nSPS) is 34.5. The van der Waals surface area contributed by atoms with Crippen molar-refractivity contribution in [2.45, 2.75) is 83.0 Å². The van der Waals surface area contributed by atoms with E-state index in [0.29, 0.717) is 5.92 Å².